The van der Waals surface area contributed by atoms with Crippen LogP contribution in [-0.4, -0.2) is 32.1 Å². The van der Waals surface area contributed by atoms with Gasteiger partial charge in [-0.3, -0.25) is 9.89 Å². The maximum atomic E-state index is 12.3. The zero-order valence-corrected chi connectivity index (χ0v) is 16.6. The molecule has 0 aliphatic rings. The molecule has 152 valence electrons. The van der Waals surface area contributed by atoms with E-state index in [2.05, 4.69) is 25.5 Å². The normalized spacial score (nSPS) is 11.5. The van der Waals surface area contributed by atoms with Gasteiger partial charge in [0, 0.05) is 29.1 Å². The standard InChI is InChI=1S/C18H15ClF3N5OS/c1-10-6-16(27-26-10)24-15-8-14(19)23-17(25-15)29-13-4-2-11(3-5-13)7-12(28)9-18(20,21)22/h2-6,8H,7,9H2,1H3,(H2,23,24,25,26,27). The minimum absolute atomic E-state index is 0.242. The fourth-order valence-electron chi connectivity index (χ4n) is 2.41. The second-order valence-electron chi connectivity index (χ2n) is 6.17. The molecule has 0 unspecified atom stereocenters. The predicted octanol–water partition coefficient (Wildman–Crippen LogP) is 5.12. The molecule has 29 heavy (non-hydrogen) atoms. The average Bonchev–Trinajstić information content (AvgIpc) is 2.99. The van der Waals surface area contributed by atoms with E-state index in [1.54, 1.807) is 30.3 Å². The van der Waals surface area contributed by atoms with Crippen molar-refractivity contribution in [1.29, 1.82) is 0 Å². The molecule has 0 spiro atoms. The first-order valence-corrected chi connectivity index (χ1v) is 9.54. The molecule has 0 radical (unpaired) electrons. The van der Waals surface area contributed by atoms with E-state index in [1.165, 1.54) is 11.8 Å². The molecule has 0 aliphatic carbocycles. The van der Waals surface area contributed by atoms with Crippen LogP contribution in [0.25, 0.3) is 0 Å². The Morgan fingerprint density at radius 2 is 1.90 bits per heavy atom. The Kier molecular flexibility index (Phi) is 6.43. The molecule has 2 N–H and O–H groups in total. The van der Waals surface area contributed by atoms with Gasteiger partial charge in [-0.2, -0.15) is 18.3 Å². The molecule has 11 heteroatoms. The Labute approximate surface area is 173 Å². The lowest BCUT2D eigenvalue weighted by Crippen LogP contribution is -2.16. The minimum Gasteiger partial charge on any atom is -0.323 e. The Bertz CT molecular complexity index is 1010. The number of carbonyl (C=O) groups is 1. The number of ketones is 1. The van der Waals surface area contributed by atoms with Gasteiger partial charge in [-0.1, -0.05) is 23.7 Å². The van der Waals surface area contributed by atoms with E-state index in [9.17, 15) is 18.0 Å². The molecule has 0 saturated heterocycles. The van der Waals surface area contributed by atoms with Gasteiger partial charge >= 0.3 is 6.18 Å². The molecule has 2 aromatic heterocycles. The highest BCUT2D eigenvalue weighted by molar-refractivity contribution is 7.99. The Hall–Kier alpha value is -2.59. The monoisotopic (exact) mass is 441 g/mol. The number of alkyl halides is 3. The third-order valence-electron chi connectivity index (χ3n) is 3.57. The van der Waals surface area contributed by atoms with Crippen LogP contribution in [0.1, 0.15) is 17.7 Å². The van der Waals surface area contributed by atoms with E-state index in [1.807, 2.05) is 13.0 Å². The number of aryl methyl sites for hydroxylation is 1. The van der Waals surface area contributed by atoms with Crippen molar-refractivity contribution in [3.05, 3.63) is 52.8 Å². The van der Waals surface area contributed by atoms with Crippen LogP contribution in [0.4, 0.5) is 24.8 Å². The van der Waals surface area contributed by atoms with Gasteiger partial charge in [-0.15, -0.1) is 0 Å². The quantitative estimate of drug-likeness (QED) is 0.391. The Morgan fingerprint density at radius 1 is 1.17 bits per heavy atom. The summed E-state index contributed by atoms with van der Waals surface area (Å²) in [4.78, 5) is 20.7. The lowest BCUT2D eigenvalue weighted by Gasteiger charge is -2.07. The minimum atomic E-state index is -4.49. The van der Waals surface area contributed by atoms with Crippen molar-refractivity contribution >= 4 is 40.8 Å². The summed E-state index contributed by atoms with van der Waals surface area (Å²) < 4.78 is 36.8. The molecule has 0 saturated carbocycles. The van der Waals surface area contributed by atoms with E-state index >= 15 is 0 Å². The molecule has 3 rings (SSSR count). The van der Waals surface area contributed by atoms with Crippen molar-refractivity contribution in [2.45, 2.75) is 36.0 Å². The molecule has 6 nitrogen and oxygen atoms in total. The first-order chi connectivity index (χ1) is 13.7. The van der Waals surface area contributed by atoms with Crippen molar-refractivity contribution in [3.8, 4) is 0 Å². The van der Waals surface area contributed by atoms with E-state index in [0.29, 0.717) is 22.4 Å². The van der Waals surface area contributed by atoms with Crippen LogP contribution in [0.3, 0.4) is 0 Å². The van der Waals surface area contributed by atoms with Gasteiger partial charge in [0.05, 0.1) is 0 Å². The smallest absolute Gasteiger partial charge is 0.323 e. The molecular weight excluding hydrogens is 427 g/mol. The molecule has 0 amide bonds. The summed E-state index contributed by atoms with van der Waals surface area (Å²) in [7, 11) is 0. The van der Waals surface area contributed by atoms with Crippen LogP contribution in [-0.2, 0) is 11.2 Å². The van der Waals surface area contributed by atoms with Gasteiger partial charge in [0.1, 0.15) is 23.2 Å². The van der Waals surface area contributed by atoms with Crippen LogP contribution in [0.2, 0.25) is 5.15 Å². The number of H-pyrrole nitrogens is 1. The summed E-state index contributed by atoms with van der Waals surface area (Å²) in [5.41, 5.74) is 1.39. The van der Waals surface area contributed by atoms with Crippen molar-refractivity contribution in [3.63, 3.8) is 0 Å². The van der Waals surface area contributed by atoms with E-state index in [4.69, 9.17) is 11.6 Å². The van der Waals surface area contributed by atoms with Crippen molar-refractivity contribution < 1.29 is 18.0 Å². The molecular formula is C18H15ClF3N5OS. The number of hydrogen-bond donors (Lipinski definition) is 2. The van der Waals surface area contributed by atoms with Gasteiger partial charge in [0.25, 0.3) is 0 Å². The number of Topliss-reactive ketones (excluding diaryl/α,β-unsaturated/α-hetero) is 1. The lowest BCUT2D eigenvalue weighted by atomic mass is 10.1. The zero-order valence-electron chi connectivity index (χ0n) is 15.0. The summed E-state index contributed by atoms with van der Waals surface area (Å²) >= 11 is 7.29. The summed E-state index contributed by atoms with van der Waals surface area (Å²) in [5.74, 6) is 0.176. The molecule has 3 aromatic rings. The Morgan fingerprint density at radius 3 is 2.52 bits per heavy atom. The maximum absolute atomic E-state index is 12.3. The fourth-order valence-corrected chi connectivity index (χ4v) is 3.42. The van der Waals surface area contributed by atoms with E-state index in [-0.39, 0.29) is 11.6 Å². The molecule has 0 aliphatic heterocycles. The SMILES string of the molecule is Cc1cc(Nc2cc(Cl)nc(Sc3ccc(CC(=O)CC(F)(F)F)cc3)n2)n[nH]1. The number of aromatic amines is 1. The van der Waals surface area contributed by atoms with Crippen molar-refractivity contribution in [2.75, 3.05) is 5.32 Å². The maximum Gasteiger partial charge on any atom is 0.395 e. The topological polar surface area (TPSA) is 83.6 Å². The highest BCUT2D eigenvalue weighted by Crippen LogP contribution is 2.28. The molecule has 0 bridgehead atoms. The third kappa shape index (κ3) is 6.75. The van der Waals surface area contributed by atoms with Gasteiger partial charge in [-0.25, -0.2) is 9.97 Å². The van der Waals surface area contributed by atoms with Gasteiger partial charge in [-0.05, 0) is 36.4 Å². The molecule has 2 heterocycles. The average molecular weight is 442 g/mol. The number of hydrogen-bond acceptors (Lipinski definition) is 6. The highest BCUT2D eigenvalue weighted by atomic mass is 35.5. The number of anilines is 2. The number of nitrogens with one attached hydrogen (secondary N) is 2. The van der Waals surface area contributed by atoms with Crippen LogP contribution < -0.4 is 5.32 Å². The first kappa shape index (κ1) is 21.1. The molecule has 0 fully saturated rings. The number of aromatic nitrogens is 4. The summed E-state index contributed by atoms with van der Waals surface area (Å²) in [6.07, 6.45) is -6.18. The van der Waals surface area contributed by atoms with Crippen LogP contribution in [0.5, 0.6) is 0 Å². The van der Waals surface area contributed by atoms with Crippen LogP contribution >= 0.6 is 23.4 Å². The summed E-state index contributed by atoms with van der Waals surface area (Å²) in [5, 5.41) is 10.5. The number of rotatable bonds is 7. The first-order valence-electron chi connectivity index (χ1n) is 8.35. The summed E-state index contributed by atoms with van der Waals surface area (Å²) in [6, 6.07) is 9.96. The van der Waals surface area contributed by atoms with Crippen LogP contribution in [0.15, 0.2) is 46.5 Å². The largest absolute Gasteiger partial charge is 0.395 e. The number of halogens is 4. The van der Waals surface area contributed by atoms with Crippen LogP contribution in [0, 0.1) is 6.92 Å². The second kappa shape index (κ2) is 8.83. The van der Waals surface area contributed by atoms with E-state index in [0.717, 1.165) is 10.6 Å². The number of carbonyl (C=O) groups excluding carboxylic acids is 1. The van der Waals surface area contributed by atoms with E-state index < -0.39 is 18.4 Å². The fraction of sp³-hybridized carbons (Fsp3) is 0.222. The van der Waals surface area contributed by atoms with Crippen molar-refractivity contribution in [1.82, 2.24) is 20.2 Å². The Balaban J connectivity index is 1.66. The zero-order chi connectivity index (χ0) is 21.0. The highest BCUT2D eigenvalue weighted by Gasteiger charge is 2.30. The van der Waals surface area contributed by atoms with Crippen molar-refractivity contribution in [2.24, 2.45) is 0 Å². The summed E-state index contributed by atoms with van der Waals surface area (Å²) in [6.45, 7) is 1.87. The lowest BCUT2D eigenvalue weighted by molar-refractivity contribution is -0.151. The van der Waals surface area contributed by atoms with Gasteiger partial charge < -0.3 is 5.32 Å². The number of benzene rings is 1. The van der Waals surface area contributed by atoms with Gasteiger partial charge in [0.15, 0.2) is 11.0 Å². The van der Waals surface area contributed by atoms with Gasteiger partial charge in [0.2, 0.25) is 0 Å². The second-order valence-corrected chi connectivity index (χ2v) is 7.60. The third-order valence-corrected chi connectivity index (χ3v) is 4.63. The molecule has 0 atom stereocenters. The predicted molar refractivity (Wildman–Crippen MR) is 104 cm³/mol. The molecule has 1 aromatic carbocycles. The number of nitrogens with zero attached hydrogens (tertiary/aromatic N) is 3.